The molecular weight excluding hydrogens is 264 g/mol. The molecule has 1 unspecified atom stereocenters. The summed E-state index contributed by atoms with van der Waals surface area (Å²) in [6.07, 6.45) is 5.20. The summed E-state index contributed by atoms with van der Waals surface area (Å²) < 4.78 is 0. The van der Waals surface area contributed by atoms with Crippen LogP contribution in [0.15, 0.2) is 18.3 Å². The smallest absolute Gasteiger partial charge is 0.254 e. The van der Waals surface area contributed by atoms with Crippen molar-refractivity contribution in [3.05, 3.63) is 23.9 Å². The number of nitrogens with zero attached hydrogens (tertiary/aromatic N) is 3. The lowest BCUT2D eigenvalue weighted by Crippen LogP contribution is -2.46. The molecule has 2 heterocycles. The number of amides is 1. The van der Waals surface area contributed by atoms with Crippen molar-refractivity contribution in [1.29, 1.82) is 0 Å². The summed E-state index contributed by atoms with van der Waals surface area (Å²) in [6, 6.07) is 4.35. The lowest BCUT2D eigenvalue weighted by Gasteiger charge is -2.35. The van der Waals surface area contributed by atoms with Gasteiger partial charge in [-0.25, -0.2) is 4.98 Å². The number of aromatic nitrogens is 1. The molecule has 5 heteroatoms. The van der Waals surface area contributed by atoms with E-state index in [2.05, 4.69) is 22.1 Å². The summed E-state index contributed by atoms with van der Waals surface area (Å²) >= 11 is 0. The number of anilines is 1. The van der Waals surface area contributed by atoms with Crippen molar-refractivity contribution >= 4 is 11.7 Å². The fourth-order valence-electron chi connectivity index (χ4n) is 2.77. The first-order valence-corrected chi connectivity index (χ1v) is 7.78. The second-order valence-corrected chi connectivity index (χ2v) is 5.80. The van der Waals surface area contributed by atoms with Crippen molar-refractivity contribution in [2.75, 3.05) is 38.6 Å². The Morgan fingerprint density at radius 1 is 1.43 bits per heavy atom. The van der Waals surface area contributed by atoms with Crippen LogP contribution in [0.4, 0.5) is 5.82 Å². The Morgan fingerprint density at radius 2 is 2.24 bits per heavy atom. The molecule has 5 nitrogen and oxygen atoms in total. The predicted molar refractivity (Wildman–Crippen MR) is 85.8 cm³/mol. The number of nitrogens with one attached hydrogen (secondary N) is 1. The van der Waals surface area contributed by atoms with Crippen LogP contribution in [0.1, 0.15) is 36.5 Å². The minimum atomic E-state index is -0.00424. The summed E-state index contributed by atoms with van der Waals surface area (Å²) in [7, 11) is 3.51. The Morgan fingerprint density at radius 3 is 2.76 bits per heavy atom. The van der Waals surface area contributed by atoms with Crippen molar-refractivity contribution in [3.8, 4) is 0 Å². The van der Waals surface area contributed by atoms with Crippen LogP contribution in [0.25, 0.3) is 0 Å². The van der Waals surface area contributed by atoms with Crippen LogP contribution in [0.2, 0.25) is 0 Å². The van der Waals surface area contributed by atoms with Crippen LogP contribution in [0, 0.1) is 0 Å². The Hall–Kier alpha value is -1.62. The third-order valence-electron chi connectivity index (χ3n) is 3.87. The van der Waals surface area contributed by atoms with Gasteiger partial charge in [0.2, 0.25) is 0 Å². The van der Waals surface area contributed by atoms with Crippen molar-refractivity contribution in [3.63, 3.8) is 0 Å². The maximum Gasteiger partial charge on any atom is 0.254 e. The molecule has 1 aromatic heterocycles. The maximum absolute atomic E-state index is 11.9. The third-order valence-corrected chi connectivity index (χ3v) is 3.87. The van der Waals surface area contributed by atoms with Gasteiger partial charge < -0.3 is 15.1 Å². The lowest BCUT2D eigenvalue weighted by atomic mass is 10.1. The first-order chi connectivity index (χ1) is 10.1. The largest absolute Gasteiger partial charge is 0.352 e. The number of pyridine rings is 1. The highest BCUT2D eigenvalue weighted by Crippen LogP contribution is 2.19. The van der Waals surface area contributed by atoms with Crippen LogP contribution < -0.4 is 10.2 Å². The van der Waals surface area contributed by atoms with E-state index >= 15 is 0 Å². The van der Waals surface area contributed by atoms with Gasteiger partial charge in [-0.1, -0.05) is 6.92 Å². The van der Waals surface area contributed by atoms with Crippen LogP contribution in [-0.2, 0) is 0 Å². The molecule has 0 aliphatic carbocycles. The summed E-state index contributed by atoms with van der Waals surface area (Å²) in [5.74, 6) is 0.969. The molecular formula is C16H26N4O. The monoisotopic (exact) mass is 290 g/mol. The van der Waals surface area contributed by atoms with Crippen molar-refractivity contribution in [1.82, 2.24) is 15.2 Å². The molecule has 1 saturated heterocycles. The minimum Gasteiger partial charge on any atom is -0.352 e. The van der Waals surface area contributed by atoms with E-state index in [9.17, 15) is 4.79 Å². The molecule has 21 heavy (non-hydrogen) atoms. The predicted octanol–water partition coefficient (Wildman–Crippen LogP) is 1.75. The van der Waals surface area contributed by atoms with Gasteiger partial charge in [-0.15, -0.1) is 0 Å². The Bertz CT molecular complexity index is 452. The number of rotatable bonds is 5. The van der Waals surface area contributed by atoms with Gasteiger partial charge in [0, 0.05) is 39.4 Å². The summed E-state index contributed by atoms with van der Waals surface area (Å²) in [6.45, 7) is 5.31. The molecule has 0 radical (unpaired) electrons. The van der Waals surface area contributed by atoms with Crippen LogP contribution in [0.3, 0.4) is 0 Å². The Kier molecular flexibility index (Phi) is 5.56. The molecule has 0 aromatic carbocycles. The van der Waals surface area contributed by atoms with Gasteiger partial charge in [-0.3, -0.25) is 4.79 Å². The molecule has 1 aliphatic heterocycles. The van der Waals surface area contributed by atoms with Gasteiger partial charge in [0.15, 0.2) is 0 Å². The van der Waals surface area contributed by atoms with Gasteiger partial charge in [0.25, 0.3) is 5.91 Å². The topological polar surface area (TPSA) is 48.5 Å². The van der Waals surface area contributed by atoms with Gasteiger partial charge in [-0.05, 0) is 37.9 Å². The normalized spacial score (nSPS) is 18.3. The van der Waals surface area contributed by atoms with E-state index in [1.165, 1.54) is 12.8 Å². The van der Waals surface area contributed by atoms with E-state index in [1.807, 2.05) is 12.1 Å². The number of carbonyl (C=O) groups is 1. The van der Waals surface area contributed by atoms with Crippen molar-refractivity contribution < 1.29 is 4.79 Å². The summed E-state index contributed by atoms with van der Waals surface area (Å²) in [5, 5.41) is 3.46. The molecule has 2 rings (SSSR count). The number of piperidine rings is 1. The van der Waals surface area contributed by atoms with E-state index in [-0.39, 0.29) is 5.91 Å². The summed E-state index contributed by atoms with van der Waals surface area (Å²) in [5.41, 5.74) is 0.641. The van der Waals surface area contributed by atoms with Crippen LogP contribution in [-0.4, -0.2) is 55.6 Å². The first-order valence-electron chi connectivity index (χ1n) is 7.78. The highest BCUT2D eigenvalue weighted by atomic mass is 16.2. The molecule has 1 amide bonds. The second kappa shape index (κ2) is 7.41. The zero-order valence-electron chi connectivity index (χ0n) is 13.3. The zero-order valence-corrected chi connectivity index (χ0v) is 13.3. The molecule has 1 aromatic rings. The molecule has 116 valence electrons. The van der Waals surface area contributed by atoms with E-state index < -0.39 is 0 Å². The van der Waals surface area contributed by atoms with E-state index in [0.717, 1.165) is 31.9 Å². The van der Waals surface area contributed by atoms with E-state index in [0.29, 0.717) is 11.6 Å². The van der Waals surface area contributed by atoms with Gasteiger partial charge >= 0.3 is 0 Å². The molecule has 1 fully saturated rings. The number of carbonyl (C=O) groups excluding carboxylic acids is 1. The van der Waals surface area contributed by atoms with Crippen LogP contribution in [0.5, 0.6) is 0 Å². The molecule has 0 saturated carbocycles. The minimum absolute atomic E-state index is 0.00424. The van der Waals surface area contributed by atoms with Crippen molar-refractivity contribution in [2.24, 2.45) is 0 Å². The molecule has 1 aliphatic rings. The highest BCUT2D eigenvalue weighted by molar-refractivity contribution is 5.93. The van der Waals surface area contributed by atoms with Gasteiger partial charge in [0.1, 0.15) is 5.82 Å². The first kappa shape index (κ1) is 15.8. The van der Waals surface area contributed by atoms with Gasteiger partial charge in [0.05, 0.1) is 5.56 Å². The highest BCUT2D eigenvalue weighted by Gasteiger charge is 2.21. The average molecular weight is 290 g/mol. The standard InChI is InChI=1S/C16H26N4O/c1-4-10-20(14-6-5-9-17-12-14)15-8-7-13(11-18-15)16(21)19(2)3/h7-8,11,14,17H,4-6,9-10,12H2,1-3H3. The van der Waals surface area contributed by atoms with Gasteiger partial charge in [-0.2, -0.15) is 0 Å². The van der Waals surface area contributed by atoms with Crippen molar-refractivity contribution in [2.45, 2.75) is 32.2 Å². The Labute approximate surface area is 127 Å². The summed E-state index contributed by atoms with van der Waals surface area (Å²) in [4.78, 5) is 20.4. The fraction of sp³-hybridized carbons (Fsp3) is 0.625. The third kappa shape index (κ3) is 3.94. The fourth-order valence-corrected chi connectivity index (χ4v) is 2.77. The number of hydrogen-bond acceptors (Lipinski definition) is 4. The SMILES string of the molecule is CCCN(c1ccc(C(=O)N(C)C)cn1)C1CCCNC1. The lowest BCUT2D eigenvalue weighted by molar-refractivity contribution is 0.0827. The average Bonchev–Trinajstić information content (AvgIpc) is 2.53. The number of hydrogen-bond donors (Lipinski definition) is 1. The zero-order chi connectivity index (χ0) is 15.2. The molecule has 0 bridgehead atoms. The molecule has 0 spiro atoms. The van der Waals surface area contributed by atoms with E-state index in [1.54, 1.807) is 25.2 Å². The van der Waals surface area contributed by atoms with E-state index in [4.69, 9.17) is 0 Å². The maximum atomic E-state index is 11.9. The second-order valence-electron chi connectivity index (χ2n) is 5.80. The van der Waals surface area contributed by atoms with Crippen LogP contribution >= 0.6 is 0 Å². The Balaban J connectivity index is 2.14. The molecule has 1 atom stereocenters. The quantitative estimate of drug-likeness (QED) is 0.897. The molecule has 1 N–H and O–H groups in total.